The summed E-state index contributed by atoms with van der Waals surface area (Å²) in [5.74, 6) is -0.403. The number of aromatic amines is 1. The summed E-state index contributed by atoms with van der Waals surface area (Å²) in [4.78, 5) is 30.4. The van der Waals surface area contributed by atoms with Crippen LogP contribution in [0.5, 0.6) is 5.88 Å². The van der Waals surface area contributed by atoms with Gasteiger partial charge in [0.25, 0.3) is 5.56 Å². The van der Waals surface area contributed by atoms with E-state index in [-0.39, 0.29) is 18.2 Å². The van der Waals surface area contributed by atoms with Crippen LogP contribution < -0.4 is 11.2 Å². The molecule has 0 unspecified atom stereocenters. The fourth-order valence-corrected chi connectivity index (χ4v) is 2.35. The monoisotopic (exact) mass is 313 g/mol. The van der Waals surface area contributed by atoms with E-state index in [1.54, 1.807) is 6.92 Å². The van der Waals surface area contributed by atoms with Gasteiger partial charge in [-0.25, -0.2) is 4.79 Å². The molecule has 0 radical (unpaired) electrons. The molecular formula is C17H19N3O3. The summed E-state index contributed by atoms with van der Waals surface area (Å²) in [6, 6.07) is 9.41. The zero-order valence-electron chi connectivity index (χ0n) is 13.1. The molecule has 0 amide bonds. The second-order valence-corrected chi connectivity index (χ2v) is 5.16. The number of nitrogens with zero attached hydrogens (tertiary/aromatic N) is 2. The third-order valence-corrected chi connectivity index (χ3v) is 3.51. The molecule has 0 bridgehead atoms. The highest BCUT2D eigenvalue weighted by Crippen LogP contribution is 2.19. The van der Waals surface area contributed by atoms with E-state index in [9.17, 15) is 14.7 Å². The minimum absolute atomic E-state index is 0.00534. The number of aromatic hydroxyl groups is 1. The van der Waals surface area contributed by atoms with Crippen molar-refractivity contribution in [1.82, 2.24) is 9.55 Å². The number of aliphatic imine (C=N–C) groups is 1. The number of hydrogen-bond acceptors (Lipinski definition) is 4. The summed E-state index contributed by atoms with van der Waals surface area (Å²) < 4.78 is 1.04. The van der Waals surface area contributed by atoms with Crippen molar-refractivity contribution in [3.05, 3.63) is 75.0 Å². The van der Waals surface area contributed by atoms with E-state index in [1.807, 2.05) is 37.3 Å². The zero-order valence-corrected chi connectivity index (χ0v) is 13.1. The zero-order chi connectivity index (χ0) is 17.0. The Kier molecular flexibility index (Phi) is 4.95. The molecule has 2 rings (SSSR count). The van der Waals surface area contributed by atoms with Crippen molar-refractivity contribution < 1.29 is 5.11 Å². The lowest BCUT2D eigenvalue weighted by atomic mass is 10.1. The Morgan fingerprint density at radius 1 is 1.39 bits per heavy atom. The normalized spacial score (nSPS) is 12.9. The number of allylic oxidation sites excluding steroid dienone is 1. The molecule has 0 aliphatic carbocycles. The molecule has 0 aliphatic heterocycles. The summed E-state index contributed by atoms with van der Waals surface area (Å²) in [5, 5.41) is 10.2. The van der Waals surface area contributed by atoms with Crippen LogP contribution in [-0.2, 0) is 6.54 Å². The second-order valence-electron chi connectivity index (χ2n) is 5.16. The SMILES string of the molecule is C=CCn1c(O)c(C(C)=N[C@@H](C)c2ccccc2)c(=O)[nH]c1=O. The number of benzene rings is 1. The first-order valence-corrected chi connectivity index (χ1v) is 7.22. The Morgan fingerprint density at radius 2 is 2.04 bits per heavy atom. The maximum absolute atomic E-state index is 12.0. The first-order valence-electron chi connectivity index (χ1n) is 7.22. The van der Waals surface area contributed by atoms with Gasteiger partial charge in [0.15, 0.2) is 0 Å². The first-order chi connectivity index (χ1) is 11.0. The van der Waals surface area contributed by atoms with Crippen LogP contribution in [0.3, 0.4) is 0 Å². The Bertz CT molecular complexity index is 848. The molecule has 1 aromatic heterocycles. The van der Waals surface area contributed by atoms with E-state index < -0.39 is 17.1 Å². The number of aromatic nitrogens is 2. The number of hydrogen-bond donors (Lipinski definition) is 2. The Balaban J connectivity index is 2.51. The molecule has 23 heavy (non-hydrogen) atoms. The van der Waals surface area contributed by atoms with Crippen molar-refractivity contribution in [2.24, 2.45) is 4.99 Å². The molecule has 0 spiro atoms. The lowest BCUT2D eigenvalue weighted by Gasteiger charge is -2.12. The van der Waals surface area contributed by atoms with Crippen LogP contribution in [0.2, 0.25) is 0 Å². The second kappa shape index (κ2) is 6.91. The summed E-state index contributed by atoms with van der Waals surface area (Å²) in [5.41, 5.74) is 0.00343. The van der Waals surface area contributed by atoms with E-state index in [2.05, 4.69) is 16.6 Å². The molecule has 6 heteroatoms. The third-order valence-electron chi connectivity index (χ3n) is 3.51. The Hall–Kier alpha value is -2.89. The molecule has 2 N–H and O–H groups in total. The molecule has 2 aromatic rings. The summed E-state index contributed by atoms with van der Waals surface area (Å²) in [6.07, 6.45) is 1.46. The van der Waals surface area contributed by atoms with E-state index in [4.69, 9.17) is 0 Å². The number of H-pyrrole nitrogens is 1. The van der Waals surface area contributed by atoms with Crippen molar-refractivity contribution in [1.29, 1.82) is 0 Å². The fourth-order valence-electron chi connectivity index (χ4n) is 2.35. The van der Waals surface area contributed by atoms with Crippen LogP contribution in [-0.4, -0.2) is 20.4 Å². The van der Waals surface area contributed by atoms with Gasteiger partial charge in [-0.15, -0.1) is 6.58 Å². The van der Waals surface area contributed by atoms with Crippen LogP contribution in [0, 0.1) is 0 Å². The largest absolute Gasteiger partial charge is 0.494 e. The highest BCUT2D eigenvalue weighted by Gasteiger charge is 2.17. The van der Waals surface area contributed by atoms with Gasteiger partial charge >= 0.3 is 5.69 Å². The minimum Gasteiger partial charge on any atom is -0.494 e. The molecule has 120 valence electrons. The van der Waals surface area contributed by atoms with Crippen molar-refractivity contribution in [3.8, 4) is 5.88 Å². The molecule has 1 aromatic carbocycles. The van der Waals surface area contributed by atoms with Crippen LogP contribution in [0.1, 0.15) is 31.0 Å². The molecule has 0 aliphatic rings. The molecular weight excluding hydrogens is 294 g/mol. The van der Waals surface area contributed by atoms with Crippen molar-refractivity contribution >= 4 is 5.71 Å². The van der Waals surface area contributed by atoms with Gasteiger partial charge in [-0.3, -0.25) is 19.3 Å². The highest BCUT2D eigenvalue weighted by molar-refractivity contribution is 6.00. The maximum Gasteiger partial charge on any atom is 0.331 e. The highest BCUT2D eigenvalue weighted by atomic mass is 16.3. The van der Waals surface area contributed by atoms with Crippen molar-refractivity contribution in [2.75, 3.05) is 0 Å². The topological polar surface area (TPSA) is 87.4 Å². The van der Waals surface area contributed by atoms with Gasteiger partial charge in [0, 0.05) is 6.54 Å². The number of nitrogens with one attached hydrogen (secondary N) is 1. The van der Waals surface area contributed by atoms with Crippen LogP contribution >= 0.6 is 0 Å². The smallest absolute Gasteiger partial charge is 0.331 e. The van der Waals surface area contributed by atoms with Crippen LogP contribution in [0.25, 0.3) is 0 Å². The average Bonchev–Trinajstić information content (AvgIpc) is 2.52. The summed E-state index contributed by atoms with van der Waals surface area (Å²) in [7, 11) is 0. The van der Waals surface area contributed by atoms with Gasteiger partial charge in [-0.1, -0.05) is 36.4 Å². The molecule has 0 saturated carbocycles. The van der Waals surface area contributed by atoms with Crippen molar-refractivity contribution in [3.63, 3.8) is 0 Å². The number of rotatable bonds is 5. The molecule has 6 nitrogen and oxygen atoms in total. The van der Waals surface area contributed by atoms with Crippen molar-refractivity contribution in [2.45, 2.75) is 26.4 Å². The Morgan fingerprint density at radius 3 is 2.65 bits per heavy atom. The van der Waals surface area contributed by atoms with Crippen LogP contribution in [0.15, 0.2) is 57.6 Å². The maximum atomic E-state index is 12.0. The minimum atomic E-state index is -0.681. The van der Waals surface area contributed by atoms with Gasteiger partial charge in [0.1, 0.15) is 5.56 Å². The predicted octanol–water partition coefficient (Wildman–Crippen LogP) is 2.00. The molecule has 0 saturated heterocycles. The van der Waals surface area contributed by atoms with E-state index >= 15 is 0 Å². The van der Waals surface area contributed by atoms with Gasteiger partial charge in [0.2, 0.25) is 5.88 Å². The summed E-state index contributed by atoms with van der Waals surface area (Å²) >= 11 is 0. The van der Waals surface area contributed by atoms with E-state index in [0.29, 0.717) is 5.71 Å². The van der Waals surface area contributed by atoms with E-state index in [1.165, 1.54) is 6.08 Å². The van der Waals surface area contributed by atoms with Crippen LogP contribution in [0.4, 0.5) is 0 Å². The van der Waals surface area contributed by atoms with Gasteiger partial charge in [-0.2, -0.15) is 0 Å². The lowest BCUT2D eigenvalue weighted by Crippen LogP contribution is -2.33. The Labute approximate surface area is 133 Å². The van der Waals surface area contributed by atoms with Gasteiger partial charge < -0.3 is 5.11 Å². The summed E-state index contributed by atoms with van der Waals surface area (Å²) in [6.45, 7) is 7.15. The predicted molar refractivity (Wildman–Crippen MR) is 90.3 cm³/mol. The molecule has 1 heterocycles. The first kappa shape index (κ1) is 16.5. The van der Waals surface area contributed by atoms with E-state index in [0.717, 1.165) is 10.1 Å². The van der Waals surface area contributed by atoms with Gasteiger partial charge in [0.05, 0.1) is 11.8 Å². The third kappa shape index (κ3) is 3.48. The lowest BCUT2D eigenvalue weighted by molar-refractivity contribution is 0.409. The quantitative estimate of drug-likeness (QED) is 0.654. The van der Waals surface area contributed by atoms with Gasteiger partial charge in [-0.05, 0) is 19.4 Å². The fraction of sp³-hybridized carbons (Fsp3) is 0.235. The standard InChI is InChI=1S/C17H19N3O3/c1-4-10-20-16(22)14(15(21)19-17(20)23)12(3)18-11(2)13-8-6-5-7-9-13/h4-9,11,22H,1,10H2,2-3H3,(H,19,21,23)/t11-/m0/s1. The molecule has 0 fully saturated rings. The average molecular weight is 313 g/mol. The molecule has 1 atom stereocenters.